The van der Waals surface area contributed by atoms with E-state index in [9.17, 15) is 0 Å². The lowest BCUT2D eigenvalue weighted by atomic mass is 10.0. The van der Waals surface area contributed by atoms with Gasteiger partial charge in [0.2, 0.25) is 0 Å². The van der Waals surface area contributed by atoms with E-state index in [0.29, 0.717) is 0 Å². The van der Waals surface area contributed by atoms with Crippen LogP contribution < -0.4 is 0 Å². The summed E-state index contributed by atoms with van der Waals surface area (Å²) in [5, 5.41) is 5.33. The fraction of sp³-hybridized carbons (Fsp3) is 0.125. The molecule has 0 aliphatic rings. The summed E-state index contributed by atoms with van der Waals surface area (Å²) in [6.45, 7) is 0. The van der Waals surface area contributed by atoms with Crippen LogP contribution in [0.25, 0.3) is 21.5 Å². The van der Waals surface area contributed by atoms with Crippen LogP contribution in [0.1, 0.15) is 0 Å². The van der Waals surface area contributed by atoms with Crippen molar-refractivity contribution >= 4 is 45.1 Å². The molecule has 0 amide bonds. The Kier molecular flexibility index (Phi) is 3.23. The molecular formula is C16H14S2. The van der Waals surface area contributed by atoms with Gasteiger partial charge < -0.3 is 0 Å². The smallest absolute Gasteiger partial charge is 0.0284 e. The minimum absolute atomic E-state index is 1.31. The van der Waals surface area contributed by atoms with Crippen molar-refractivity contribution in [1.29, 1.82) is 0 Å². The van der Waals surface area contributed by atoms with Gasteiger partial charge in [0.25, 0.3) is 0 Å². The molecule has 3 aromatic carbocycles. The van der Waals surface area contributed by atoms with E-state index in [4.69, 9.17) is 0 Å². The summed E-state index contributed by atoms with van der Waals surface area (Å²) in [5.74, 6) is 0. The van der Waals surface area contributed by atoms with Crippen LogP contribution in [0, 0.1) is 0 Å². The zero-order valence-corrected chi connectivity index (χ0v) is 12.1. The number of hydrogen-bond donors (Lipinski definition) is 0. The molecule has 0 N–H and O–H groups in total. The van der Waals surface area contributed by atoms with Crippen LogP contribution in [0.15, 0.2) is 58.3 Å². The van der Waals surface area contributed by atoms with Crippen LogP contribution in [0.4, 0.5) is 0 Å². The monoisotopic (exact) mass is 270 g/mol. The average molecular weight is 270 g/mol. The normalized spacial score (nSPS) is 11.2. The SMILES string of the molecule is CSc1ccc2cc3ccccc3cc2c1SC. The molecule has 2 heteroatoms. The van der Waals surface area contributed by atoms with Gasteiger partial charge in [0.15, 0.2) is 0 Å². The highest BCUT2D eigenvalue weighted by Gasteiger charge is 2.07. The van der Waals surface area contributed by atoms with Gasteiger partial charge in [-0.1, -0.05) is 30.3 Å². The Balaban J connectivity index is 2.42. The number of hydrogen-bond acceptors (Lipinski definition) is 2. The van der Waals surface area contributed by atoms with Crippen molar-refractivity contribution in [3.63, 3.8) is 0 Å². The molecule has 90 valence electrons. The fourth-order valence-corrected chi connectivity index (χ4v) is 4.00. The third-order valence-corrected chi connectivity index (χ3v) is 4.98. The van der Waals surface area contributed by atoms with E-state index in [2.05, 4.69) is 61.0 Å². The van der Waals surface area contributed by atoms with Crippen molar-refractivity contribution < 1.29 is 0 Å². The maximum atomic E-state index is 2.32. The summed E-state index contributed by atoms with van der Waals surface area (Å²) in [4.78, 5) is 2.76. The molecule has 0 nitrogen and oxygen atoms in total. The molecule has 0 bridgehead atoms. The lowest BCUT2D eigenvalue weighted by Crippen LogP contribution is -1.83. The minimum atomic E-state index is 1.31. The number of rotatable bonds is 2. The average Bonchev–Trinajstić information content (AvgIpc) is 2.43. The van der Waals surface area contributed by atoms with E-state index in [1.165, 1.54) is 31.3 Å². The molecule has 0 atom stereocenters. The summed E-state index contributed by atoms with van der Waals surface area (Å²) >= 11 is 3.66. The van der Waals surface area contributed by atoms with Crippen molar-refractivity contribution in [3.8, 4) is 0 Å². The Bertz CT molecular complexity index is 717. The predicted molar refractivity (Wildman–Crippen MR) is 85.0 cm³/mol. The fourth-order valence-electron chi connectivity index (χ4n) is 2.34. The van der Waals surface area contributed by atoms with Crippen molar-refractivity contribution in [2.75, 3.05) is 12.5 Å². The van der Waals surface area contributed by atoms with Gasteiger partial charge in [-0.25, -0.2) is 0 Å². The molecule has 0 unspecified atom stereocenters. The highest BCUT2D eigenvalue weighted by molar-refractivity contribution is 8.01. The van der Waals surface area contributed by atoms with Gasteiger partial charge in [-0.05, 0) is 52.3 Å². The summed E-state index contributed by atoms with van der Waals surface area (Å²) in [5.41, 5.74) is 0. The predicted octanol–water partition coefficient (Wildman–Crippen LogP) is 5.44. The topological polar surface area (TPSA) is 0 Å². The first-order valence-corrected chi connectivity index (χ1v) is 8.32. The number of benzene rings is 3. The molecule has 3 rings (SSSR count). The zero-order chi connectivity index (χ0) is 12.5. The first-order valence-electron chi connectivity index (χ1n) is 5.87. The standard InChI is InChI=1S/C16H14S2/c1-17-15-8-7-13-9-11-5-3-4-6-12(11)10-14(13)16(15)18-2/h3-10H,1-2H3. The minimum Gasteiger partial charge on any atom is -0.128 e. The van der Waals surface area contributed by atoms with Crippen molar-refractivity contribution in [2.45, 2.75) is 9.79 Å². The molecular weight excluding hydrogens is 256 g/mol. The van der Waals surface area contributed by atoms with E-state index in [1.807, 2.05) is 23.5 Å². The Morgan fingerprint density at radius 3 is 2.11 bits per heavy atom. The Labute approximate surface area is 116 Å². The highest BCUT2D eigenvalue weighted by Crippen LogP contribution is 2.36. The maximum absolute atomic E-state index is 2.32. The highest BCUT2D eigenvalue weighted by atomic mass is 32.2. The Morgan fingerprint density at radius 2 is 1.44 bits per heavy atom. The summed E-state index contributed by atoms with van der Waals surface area (Å²) in [6, 6.07) is 17.6. The molecule has 0 saturated heterocycles. The molecule has 0 spiro atoms. The molecule has 0 heterocycles. The maximum Gasteiger partial charge on any atom is 0.0284 e. The lowest BCUT2D eigenvalue weighted by Gasteiger charge is -2.10. The van der Waals surface area contributed by atoms with Gasteiger partial charge in [-0.2, -0.15) is 0 Å². The van der Waals surface area contributed by atoms with Crippen LogP contribution >= 0.6 is 23.5 Å². The third-order valence-electron chi connectivity index (χ3n) is 3.22. The van der Waals surface area contributed by atoms with Crippen LogP contribution in [-0.4, -0.2) is 12.5 Å². The van der Waals surface area contributed by atoms with E-state index in [-0.39, 0.29) is 0 Å². The molecule has 18 heavy (non-hydrogen) atoms. The van der Waals surface area contributed by atoms with E-state index in [1.54, 1.807) is 0 Å². The molecule has 0 aromatic heterocycles. The third kappa shape index (κ3) is 1.90. The van der Waals surface area contributed by atoms with Crippen LogP contribution in [0.2, 0.25) is 0 Å². The Hall–Kier alpha value is -1.12. The molecule has 0 aliphatic carbocycles. The van der Waals surface area contributed by atoms with Gasteiger partial charge in [0, 0.05) is 9.79 Å². The van der Waals surface area contributed by atoms with E-state index >= 15 is 0 Å². The number of fused-ring (bicyclic) bond motifs is 2. The summed E-state index contributed by atoms with van der Waals surface area (Å²) in [7, 11) is 0. The molecule has 0 radical (unpaired) electrons. The second-order valence-electron chi connectivity index (χ2n) is 4.22. The van der Waals surface area contributed by atoms with Gasteiger partial charge >= 0.3 is 0 Å². The van der Waals surface area contributed by atoms with Crippen molar-refractivity contribution in [3.05, 3.63) is 48.5 Å². The van der Waals surface area contributed by atoms with Gasteiger partial charge in [-0.3, -0.25) is 0 Å². The van der Waals surface area contributed by atoms with Gasteiger partial charge in [0.1, 0.15) is 0 Å². The molecule has 0 saturated carbocycles. The quantitative estimate of drug-likeness (QED) is 0.449. The van der Waals surface area contributed by atoms with Crippen LogP contribution in [0.5, 0.6) is 0 Å². The zero-order valence-electron chi connectivity index (χ0n) is 10.4. The van der Waals surface area contributed by atoms with Crippen LogP contribution in [0.3, 0.4) is 0 Å². The molecule has 3 aromatic rings. The van der Waals surface area contributed by atoms with E-state index < -0.39 is 0 Å². The lowest BCUT2D eigenvalue weighted by molar-refractivity contribution is 1.31. The summed E-state index contributed by atoms with van der Waals surface area (Å²) in [6.07, 6.45) is 4.30. The number of thioether (sulfide) groups is 2. The Morgan fingerprint density at radius 1 is 0.722 bits per heavy atom. The van der Waals surface area contributed by atoms with Crippen molar-refractivity contribution in [2.24, 2.45) is 0 Å². The van der Waals surface area contributed by atoms with E-state index in [0.717, 1.165) is 0 Å². The van der Waals surface area contributed by atoms with Crippen molar-refractivity contribution in [1.82, 2.24) is 0 Å². The first-order chi connectivity index (χ1) is 8.83. The molecule has 0 aliphatic heterocycles. The molecule has 0 fully saturated rings. The summed E-state index contributed by atoms with van der Waals surface area (Å²) < 4.78 is 0. The largest absolute Gasteiger partial charge is 0.128 e. The van der Waals surface area contributed by atoms with Crippen LogP contribution in [-0.2, 0) is 0 Å². The van der Waals surface area contributed by atoms with Gasteiger partial charge in [0.05, 0.1) is 0 Å². The second-order valence-corrected chi connectivity index (χ2v) is 5.89. The first kappa shape index (κ1) is 11.9. The van der Waals surface area contributed by atoms with Gasteiger partial charge in [-0.15, -0.1) is 23.5 Å². The second kappa shape index (κ2) is 4.87.